The van der Waals surface area contributed by atoms with Gasteiger partial charge in [-0.2, -0.15) is 0 Å². The number of nitrogens with two attached hydrogens (primary N) is 1. The van der Waals surface area contributed by atoms with Gasteiger partial charge in [0.2, 0.25) is 0 Å². The first-order chi connectivity index (χ1) is 8.25. The van der Waals surface area contributed by atoms with Gasteiger partial charge < -0.3 is 15.2 Å². The molecule has 1 aliphatic rings. The molecule has 1 fully saturated rings. The maximum absolute atomic E-state index is 6.05. The first kappa shape index (κ1) is 12.7. The third-order valence-electron chi connectivity index (χ3n) is 2.91. The van der Waals surface area contributed by atoms with Crippen molar-refractivity contribution in [3.8, 4) is 0 Å². The fraction of sp³-hybridized carbons (Fsp3) is 0.538. The lowest BCUT2D eigenvalue weighted by Gasteiger charge is -2.22. The lowest BCUT2D eigenvalue weighted by molar-refractivity contribution is -0.0447. The van der Waals surface area contributed by atoms with Crippen molar-refractivity contribution in [2.45, 2.75) is 32.0 Å². The van der Waals surface area contributed by atoms with Crippen molar-refractivity contribution in [1.82, 2.24) is 0 Å². The van der Waals surface area contributed by atoms with E-state index in [1.165, 1.54) is 6.42 Å². The maximum Gasteiger partial charge on any atom is 0.0808 e. The molecule has 0 aliphatic carbocycles. The van der Waals surface area contributed by atoms with Crippen LogP contribution in [-0.2, 0) is 16.1 Å². The van der Waals surface area contributed by atoms with Gasteiger partial charge in [-0.05, 0) is 43.0 Å². The summed E-state index contributed by atoms with van der Waals surface area (Å²) in [6.45, 7) is 1.97. The molecule has 3 nitrogen and oxygen atoms in total. The minimum absolute atomic E-state index is 0.239. The van der Waals surface area contributed by atoms with Crippen LogP contribution in [0.4, 0.5) is 5.69 Å². The Hall–Kier alpha value is -0.770. The monoisotopic (exact) mass is 255 g/mol. The highest BCUT2D eigenvalue weighted by atomic mass is 35.5. The number of halogens is 1. The van der Waals surface area contributed by atoms with E-state index >= 15 is 0 Å². The normalized spacial score (nSPS) is 20.4. The van der Waals surface area contributed by atoms with E-state index in [1.54, 1.807) is 12.1 Å². The van der Waals surface area contributed by atoms with E-state index < -0.39 is 0 Å². The van der Waals surface area contributed by atoms with Gasteiger partial charge in [-0.25, -0.2) is 0 Å². The van der Waals surface area contributed by atoms with E-state index in [4.69, 9.17) is 26.8 Å². The molecule has 0 radical (unpaired) electrons. The molecule has 1 atom stereocenters. The van der Waals surface area contributed by atoms with Crippen molar-refractivity contribution in [1.29, 1.82) is 0 Å². The van der Waals surface area contributed by atoms with E-state index in [1.807, 2.05) is 6.07 Å². The molecule has 1 saturated heterocycles. The fourth-order valence-electron chi connectivity index (χ4n) is 1.94. The Labute approximate surface area is 107 Å². The number of nitrogen functional groups attached to an aromatic ring is 1. The summed E-state index contributed by atoms with van der Waals surface area (Å²) >= 11 is 6.05. The molecular formula is C13H18ClNO2. The van der Waals surface area contributed by atoms with Crippen LogP contribution in [0.25, 0.3) is 0 Å². The van der Waals surface area contributed by atoms with Crippen LogP contribution < -0.4 is 5.73 Å². The molecule has 17 heavy (non-hydrogen) atoms. The van der Waals surface area contributed by atoms with E-state index in [9.17, 15) is 0 Å². The lowest BCUT2D eigenvalue weighted by Crippen LogP contribution is -2.24. The van der Waals surface area contributed by atoms with Gasteiger partial charge in [0.05, 0.1) is 19.3 Å². The number of hydrogen-bond donors (Lipinski definition) is 1. The number of benzene rings is 1. The molecule has 1 aromatic rings. The smallest absolute Gasteiger partial charge is 0.0808 e. The molecule has 94 valence electrons. The molecule has 2 N–H and O–H groups in total. The minimum atomic E-state index is 0.239. The second-order valence-corrected chi connectivity index (χ2v) is 4.76. The standard InChI is InChI=1S/C13H18ClNO2/c14-13-5-4-11(15)7-10(13)8-16-9-12-3-1-2-6-17-12/h4-5,7,12H,1-3,6,8-9,15H2. The number of anilines is 1. The van der Waals surface area contributed by atoms with Crippen LogP contribution >= 0.6 is 11.6 Å². The predicted octanol–water partition coefficient (Wildman–Crippen LogP) is 3.01. The van der Waals surface area contributed by atoms with Gasteiger partial charge in [0.1, 0.15) is 0 Å². The second-order valence-electron chi connectivity index (χ2n) is 4.35. The minimum Gasteiger partial charge on any atom is -0.399 e. The van der Waals surface area contributed by atoms with Crippen LogP contribution in [-0.4, -0.2) is 19.3 Å². The lowest BCUT2D eigenvalue weighted by atomic mass is 10.1. The predicted molar refractivity (Wildman–Crippen MR) is 69.1 cm³/mol. The Morgan fingerprint density at radius 3 is 3.06 bits per heavy atom. The van der Waals surface area contributed by atoms with Crippen LogP contribution in [0, 0.1) is 0 Å². The van der Waals surface area contributed by atoms with Gasteiger partial charge >= 0.3 is 0 Å². The highest BCUT2D eigenvalue weighted by Gasteiger charge is 2.13. The SMILES string of the molecule is Nc1ccc(Cl)c(COCC2CCCCO2)c1. The van der Waals surface area contributed by atoms with Crippen molar-refractivity contribution in [3.05, 3.63) is 28.8 Å². The summed E-state index contributed by atoms with van der Waals surface area (Å²) in [6, 6.07) is 5.44. The Bertz CT molecular complexity index is 364. The van der Waals surface area contributed by atoms with Gasteiger partial charge in [-0.15, -0.1) is 0 Å². The zero-order valence-corrected chi connectivity index (χ0v) is 10.6. The van der Waals surface area contributed by atoms with Gasteiger partial charge in [-0.1, -0.05) is 11.6 Å². The van der Waals surface area contributed by atoms with E-state index in [0.29, 0.717) is 23.9 Å². The molecule has 1 heterocycles. The molecule has 0 bridgehead atoms. The average Bonchev–Trinajstić information content (AvgIpc) is 2.35. The van der Waals surface area contributed by atoms with Crippen LogP contribution in [0.5, 0.6) is 0 Å². The summed E-state index contributed by atoms with van der Waals surface area (Å²) in [5, 5.41) is 0.698. The van der Waals surface area contributed by atoms with Crippen molar-refractivity contribution in [2.75, 3.05) is 18.9 Å². The van der Waals surface area contributed by atoms with E-state index in [2.05, 4.69) is 0 Å². The molecule has 0 saturated carbocycles. The summed E-state index contributed by atoms with van der Waals surface area (Å²) in [6.07, 6.45) is 3.72. The summed E-state index contributed by atoms with van der Waals surface area (Å²) in [4.78, 5) is 0. The molecule has 2 rings (SSSR count). The second kappa shape index (κ2) is 6.24. The van der Waals surface area contributed by atoms with Gasteiger partial charge in [-0.3, -0.25) is 0 Å². The first-order valence-corrected chi connectivity index (χ1v) is 6.37. The van der Waals surface area contributed by atoms with E-state index in [-0.39, 0.29) is 6.10 Å². The van der Waals surface area contributed by atoms with Crippen LogP contribution in [0.15, 0.2) is 18.2 Å². The summed E-state index contributed by atoms with van der Waals surface area (Å²) in [5.74, 6) is 0. The zero-order valence-electron chi connectivity index (χ0n) is 9.82. The summed E-state index contributed by atoms with van der Waals surface area (Å²) in [7, 11) is 0. The molecule has 0 aromatic heterocycles. The Kier molecular flexibility index (Phi) is 4.66. The number of hydrogen-bond acceptors (Lipinski definition) is 3. The molecule has 1 unspecified atom stereocenters. The van der Waals surface area contributed by atoms with E-state index in [0.717, 1.165) is 25.0 Å². The topological polar surface area (TPSA) is 44.5 Å². The molecular weight excluding hydrogens is 238 g/mol. The molecule has 1 aromatic carbocycles. The fourth-order valence-corrected chi connectivity index (χ4v) is 2.12. The van der Waals surface area contributed by atoms with Crippen LogP contribution in [0.2, 0.25) is 5.02 Å². The van der Waals surface area contributed by atoms with Gasteiger partial charge in [0.25, 0.3) is 0 Å². The average molecular weight is 256 g/mol. The molecule has 4 heteroatoms. The van der Waals surface area contributed by atoms with Crippen LogP contribution in [0.3, 0.4) is 0 Å². The number of rotatable bonds is 4. The zero-order chi connectivity index (χ0) is 12.1. The van der Waals surface area contributed by atoms with Crippen LogP contribution in [0.1, 0.15) is 24.8 Å². The molecule has 0 spiro atoms. The highest BCUT2D eigenvalue weighted by molar-refractivity contribution is 6.31. The molecule has 0 amide bonds. The number of ether oxygens (including phenoxy) is 2. The first-order valence-electron chi connectivity index (χ1n) is 5.99. The van der Waals surface area contributed by atoms with Gasteiger partial charge in [0.15, 0.2) is 0 Å². The highest BCUT2D eigenvalue weighted by Crippen LogP contribution is 2.20. The van der Waals surface area contributed by atoms with Crippen molar-refractivity contribution in [3.63, 3.8) is 0 Å². The Morgan fingerprint density at radius 1 is 1.41 bits per heavy atom. The maximum atomic E-state index is 6.05. The van der Waals surface area contributed by atoms with Gasteiger partial charge in [0, 0.05) is 17.3 Å². The quantitative estimate of drug-likeness (QED) is 0.842. The van der Waals surface area contributed by atoms with Crippen molar-refractivity contribution < 1.29 is 9.47 Å². The Balaban J connectivity index is 1.79. The third kappa shape index (κ3) is 3.87. The largest absolute Gasteiger partial charge is 0.399 e. The van der Waals surface area contributed by atoms with Crippen molar-refractivity contribution in [2.24, 2.45) is 0 Å². The third-order valence-corrected chi connectivity index (χ3v) is 3.27. The summed E-state index contributed by atoms with van der Waals surface area (Å²) in [5.41, 5.74) is 7.35. The molecule has 1 aliphatic heterocycles. The summed E-state index contributed by atoms with van der Waals surface area (Å²) < 4.78 is 11.2. The Morgan fingerprint density at radius 2 is 2.29 bits per heavy atom. The van der Waals surface area contributed by atoms with Crippen molar-refractivity contribution >= 4 is 17.3 Å².